The van der Waals surface area contributed by atoms with E-state index in [9.17, 15) is 4.79 Å². The van der Waals surface area contributed by atoms with Crippen LogP contribution < -0.4 is 10.6 Å². The highest BCUT2D eigenvalue weighted by molar-refractivity contribution is 5.77. The van der Waals surface area contributed by atoms with Gasteiger partial charge in [-0.15, -0.1) is 0 Å². The Balaban J connectivity index is 2.13. The molecule has 0 spiro atoms. The molecule has 0 aliphatic heterocycles. The second-order valence-electron chi connectivity index (χ2n) is 3.77. The van der Waals surface area contributed by atoms with Gasteiger partial charge in [-0.25, -0.2) is 0 Å². The number of rotatable bonds is 7. The Kier molecular flexibility index (Phi) is 5.75. The van der Waals surface area contributed by atoms with E-state index in [1.165, 1.54) is 0 Å². The van der Waals surface area contributed by atoms with E-state index in [0.29, 0.717) is 13.0 Å². The third-order valence-corrected chi connectivity index (χ3v) is 2.19. The van der Waals surface area contributed by atoms with Crippen molar-refractivity contribution in [3.63, 3.8) is 0 Å². The normalized spacial score (nSPS) is 11.8. The molecule has 6 heteroatoms. The van der Waals surface area contributed by atoms with E-state index in [1.807, 2.05) is 29.9 Å². The highest BCUT2D eigenvalue weighted by Crippen LogP contribution is 1.89. The fourth-order valence-corrected chi connectivity index (χ4v) is 1.34. The fourth-order valence-electron chi connectivity index (χ4n) is 1.34. The van der Waals surface area contributed by atoms with Crippen molar-refractivity contribution in [1.82, 2.24) is 20.4 Å². The summed E-state index contributed by atoms with van der Waals surface area (Å²) in [4.78, 5) is 11.3. The van der Waals surface area contributed by atoms with Crippen LogP contribution in [0.25, 0.3) is 0 Å². The van der Waals surface area contributed by atoms with Gasteiger partial charge >= 0.3 is 0 Å². The topological polar surface area (TPSA) is 82.7 Å². The summed E-state index contributed by atoms with van der Waals surface area (Å²) in [5.74, 6) is -0.0902. The Labute approximate surface area is 101 Å². The van der Waals surface area contributed by atoms with Gasteiger partial charge in [0.15, 0.2) is 0 Å². The molecule has 1 rings (SSSR count). The zero-order chi connectivity index (χ0) is 12.5. The summed E-state index contributed by atoms with van der Waals surface area (Å²) < 4.78 is 1.81. The summed E-state index contributed by atoms with van der Waals surface area (Å²) in [7, 11) is 0. The van der Waals surface area contributed by atoms with E-state index in [2.05, 4.69) is 15.7 Å². The molecule has 0 aromatic carbocycles. The maximum absolute atomic E-state index is 11.3. The molecular weight excluding hydrogens is 218 g/mol. The number of carbonyl (C=O) groups excluding carboxylic acids is 1. The first-order valence-electron chi connectivity index (χ1n) is 5.57. The summed E-state index contributed by atoms with van der Waals surface area (Å²) >= 11 is 0. The van der Waals surface area contributed by atoms with Crippen molar-refractivity contribution in [2.75, 3.05) is 13.1 Å². The largest absolute Gasteiger partial charge is 0.354 e. The molecule has 0 saturated carbocycles. The van der Waals surface area contributed by atoms with Gasteiger partial charge in [0.05, 0.1) is 25.6 Å². The highest BCUT2D eigenvalue weighted by Gasteiger charge is 2.05. The van der Waals surface area contributed by atoms with Crippen molar-refractivity contribution in [1.29, 1.82) is 5.26 Å². The van der Waals surface area contributed by atoms with Crippen molar-refractivity contribution < 1.29 is 4.79 Å². The Bertz CT molecular complexity index is 368. The number of nitriles is 1. The van der Waals surface area contributed by atoms with Crippen molar-refractivity contribution in [3.05, 3.63) is 18.5 Å². The fraction of sp³-hybridized carbons (Fsp3) is 0.545. The number of aromatic nitrogens is 2. The maximum atomic E-state index is 11.3. The molecule has 1 atom stereocenters. The molecule has 1 amide bonds. The van der Waals surface area contributed by atoms with Gasteiger partial charge in [-0.1, -0.05) is 0 Å². The van der Waals surface area contributed by atoms with Gasteiger partial charge < -0.3 is 10.6 Å². The minimum absolute atomic E-state index is 0.0902. The third-order valence-electron chi connectivity index (χ3n) is 2.19. The monoisotopic (exact) mass is 235 g/mol. The quantitative estimate of drug-likeness (QED) is 0.646. The Morgan fingerprint density at radius 3 is 3.12 bits per heavy atom. The molecule has 1 unspecified atom stereocenters. The molecule has 1 aromatic rings. The van der Waals surface area contributed by atoms with Crippen molar-refractivity contribution >= 4 is 5.91 Å². The second-order valence-corrected chi connectivity index (χ2v) is 3.77. The van der Waals surface area contributed by atoms with Gasteiger partial charge in [0.2, 0.25) is 5.91 Å². The maximum Gasteiger partial charge on any atom is 0.234 e. The minimum Gasteiger partial charge on any atom is -0.354 e. The van der Waals surface area contributed by atoms with Crippen LogP contribution in [0.4, 0.5) is 0 Å². The van der Waals surface area contributed by atoms with E-state index < -0.39 is 0 Å². The van der Waals surface area contributed by atoms with Gasteiger partial charge in [-0.3, -0.25) is 9.48 Å². The van der Waals surface area contributed by atoms with E-state index in [1.54, 1.807) is 6.20 Å². The van der Waals surface area contributed by atoms with Crippen LogP contribution in [0.5, 0.6) is 0 Å². The average molecular weight is 235 g/mol. The van der Waals surface area contributed by atoms with Gasteiger partial charge in [-0.05, 0) is 13.0 Å². The van der Waals surface area contributed by atoms with Crippen LogP contribution in [0, 0.1) is 11.3 Å². The van der Waals surface area contributed by atoms with Gasteiger partial charge in [0, 0.05) is 25.0 Å². The third kappa shape index (κ3) is 5.68. The predicted octanol–water partition coefficient (Wildman–Crippen LogP) is -0.109. The Morgan fingerprint density at radius 1 is 1.65 bits per heavy atom. The van der Waals surface area contributed by atoms with Crippen molar-refractivity contribution in [2.45, 2.75) is 25.9 Å². The highest BCUT2D eigenvalue weighted by atomic mass is 16.1. The molecule has 0 fully saturated rings. The number of hydrogen-bond donors (Lipinski definition) is 2. The van der Waals surface area contributed by atoms with Crippen LogP contribution in [0.15, 0.2) is 18.5 Å². The summed E-state index contributed by atoms with van der Waals surface area (Å²) in [6, 6.07) is 4.00. The van der Waals surface area contributed by atoms with Crippen LogP contribution in [0.2, 0.25) is 0 Å². The number of amides is 1. The number of carbonyl (C=O) groups is 1. The van der Waals surface area contributed by atoms with Crippen LogP contribution in [-0.4, -0.2) is 34.8 Å². The first kappa shape index (κ1) is 13.2. The second kappa shape index (κ2) is 7.41. The molecule has 1 heterocycles. The van der Waals surface area contributed by atoms with E-state index in [-0.39, 0.29) is 18.5 Å². The molecule has 0 saturated heterocycles. The van der Waals surface area contributed by atoms with Crippen molar-refractivity contribution in [3.8, 4) is 6.07 Å². The summed E-state index contributed by atoms with van der Waals surface area (Å²) in [6.07, 6.45) is 3.95. The van der Waals surface area contributed by atoms with Crippen molar-refractivity contribution in [2.24, 2.45) is 0 Å². The van der Waals surface area contributed by atoms with Gasteiger partial charge in [0.25, 0.3) is 0 Å². The molecule has 0 aliphatic rings. The molecular formula is C11H17N5O. The zero-order valence-corrected chi connectivity index (χ0v) is 9.89. The molecule has 92 valence electrons. The first-order chi connectivity index (χ1) is 8.22. The minimum atomic E-state index is -0.0902. The lowest BCUT2D eigenvalue weighted by molar-refractivity contribution is -0.120. The van der Waals surface area contributed by atoms with E-state index in [0.717, 1.165) is 6.54 Å². The SMILES string of the molecule is CC(Cn1cccn1)NCC(=O)NCCC#N. The Morgan fingerprint density at radius 2 is 2.47 bits per heavy atom. The van der Waals surface area contributed by atoms with E-state index in [4.69, 9.17) is 5.26 Å². The summed E-state index contributed by atoms with van der Waals surface area (Å²) in [5, 5.41) is 18.1. The summed E-state index contributed by atoms with van der Waals surface area (Å²) in [6.45, 7) is 3.38. The van der Waals surface area contributed by atoms with Crippen LogP contribution >= 0.6 is 0 Å². The van der Waals surface area contributed by atoms with Gasteiger partial charge in [-0.2, -0.15) is 10.4 Å². The van der Waals surface area contributed by atoms with Crippen LogP contribution in [0.3, 0.4) is 0 Å². The molecule has 1 aromatic heterocycles. The lowest BCUT2D eigenvalue weighted by atomic mass is 10.3. The van der Waals surface area contributed by atoms with Gasteiger partial charge in [0.1, 0.15) is 0 Å². The van der Waals surface area contributed by atoms with Crippen LogP contribution in [-0.2, 0) is 11.3 Å². The molecule has 2 N–H and O–H groups in total. The lowest BCUT2D eigenvalue weighted by Gasteiger charge is -2.13. The number of nitrogens with one attached hydrogen (secondary N) is 2. The predicted molar refractivity (Wildman–Crippen MR) is 62.9 cm³/mol. The molecule has 0 radical (unpaired) electrons. The smallest absolute Gasteiger partial charge is 0.234 e. The average Bonchev–Trinajstić information content (AvgIpc) is 2.79. The van der Waals surface area contributed by atoms with E-state index >= 15 is 0 Å². The lowest BCUT2D eigenvalue weighted by Crippen LogP contribution is -2.40. The molecule has 17 heavy (non-hydrogen) atoms. The molecule has 0 bridgehead atoms. The number of nitrogens with zero attached hydrogens (tertiary/aromatic N) is 3. The molecule has 6 nitrogen and oxygen atoms in total. The first-order valence-corrected chi connectivity index (χ1v) is 5.57. The standard InChI is InChI=1S/C11H17N5O/c1-10(9-16-7-3-6-15-16)14-8-11(17)13-5-2-4-12/h3,6-7,10,14H,2,5,8-9H2,1H3,(H,13,17). The molecule has 0 aliphatic carbocycles. The number of hydrogen-bond acceptors (Lipinski definition) is 4. The van der Waals surface area contributed by atoms with Crippen LogP contribution in [0.1, 0.15) is 13.3 Å². The summed E-state index contributed by atoms with van der Waals surface area (Å²) in [5.41, 5.74) is 0. The zero-order valence-electron chi connectivity index (χ0n) is 9.89. The Hall–Kier alpha value is -1.87.